The van der Waals surface area contributed by atoms with Crippen LogP contribution in [0.15, 0.2) is 53.3 Å². The van der Waals surface area contributed by atoms with Crippen molar-refractivity contribution < 1.29 is 4.79 Å². The van der Waals surface area contributed by atoms with E-state index in [1.807, 2.05) is 30.3 Å². The highest BCUT2D eigenvalue weighted by molar-refractivity contribution is 5.90. The normalized spacial score (nSPS) is 12.0. The highest BCUT2D eigenvalue weighted by Gasteiger charge is 2.20. The molecule has 0 fully saturated rings. The van der Waals surface area contributed by atoms with Gasteiger partial charge in [0, 0.05) is 17.5 Å². The first-order chi connectivity index (χ1) is 13.6. The van der Waals surface area contributed by atoms with E-state index in [4.69, 9.17) is 0 Å². The maximum Gasteiger partial charge on any atom is 0.272 e. The largest absolute Gasteiger partial charge is 0.351 e. The molecule has 4 rings (SSSR count). The quantitative estimate of drug-likeness (QED) is 0.485. The summed E-state index contributed by atoms with van der Waals surface area (Å²) in [6, 6.07) is 14.6. The van der Waals surface area contributed by atoms with Crippen LogP contribution in [0.25, 0.3) is 22.2 Å². The maximum absolute atomic E-state index is 12.7. The topological polar surface area (TPSA) is 129 Å². The van der Waals surface area contributed by atoms with Gasteiger partial charge in [-0.1, -0.05) is 36.4 Å². The molecule has 140 valence electrons. The van der Waals surface area contributed by atoms with E-state index in [0.29, 0.717) is 28.8 Å². The summed E-state index contributed by atoms with van der Waals surface area (Å²) in [7, 11) is 0. The second kappa shape index (κ2) is 7.39. The first-order valence-electron chi connectivity index (χ1n) is 8.71. The van der Waals surface area contributed by atoms with E-state index in [2.05, 4.69) is 36.1 Å². The van der Waals surface area contributed by atoms with Crippen molar-refractivity contribution in [2.45, 2.75) is 19.4 Å². The predicted octanol–water partition coefficient (Wildman–Crippen LogP) is 1.52. The van der Waals surface area contributed by atoms with Crippen molar-refractivity contribution in [3.05, 3.63) is 70.1 Å². The standard InChI is InChI=1S/C19H17N7O2/c1-11(16-14-7-2-3-8-15(14)19(28)24-21-16)18(27)20-10-12-5-4-6-13(9-12)17-22-25-26-23-17/h2-9,11H,10H2,1H3,(H,20,27)(H,24,28)(H,22,23,25,26)/t11-/m1/s1. The number of nitrogens with zero attached hydrogens (tertiary/aromatic N) is 4. The Balaban J connectivity index is 1.51. The molecule has 3 N–H and O–H groups in total. The van der Waals surface area contributed by atoms with E-state index in [9.17, 15) is 9.59 Å². The van der Waals surface area contributed by atoms with E-state index in [1.54, 1.807) is 25.1 Å². The number of aromatic amines is 2. The third kappa shape index (κ3) is 3.37. The first-order valence-corrected chi connectivity index (χ1v) is 8.71. The van der Waals surface area contributed by atoms with Gasteiger partial charge in [0.2, 0.25) is 11.7 Å². The monoisotopic (exact) mass is 375 g/mol. The third-order valence-corrected chi connectivity index (χ3v) is 4.53. The highest BCUT2D eigenvalue weighted by atomic mass is 16.2. The minimum atomic E-state index is -0.526. The van der Waals surface area contributed by atoms with Gasteiger partial charge < -0.3 is 5.32 Å². The molecule has 2 heterocycles. The number of rotatable bonds is 5. The number of H-pyrrole nitrogens is 2. The zero-order chi connectivity index (χ0) is 19.5. The molecule has 0 radical (unpaired) electrons. The Morgan fingerprint density at radius 1 is 1.11 bits per heavy atom. The van der Waals surface area contributed by atoms with Gasteiger partial charge in [-0.25, -0.2) is 5.10 Å². The molecule has 2 aromatic heterocycles. The lowest BCUT2D eigenvalue weighted by Crippen LogP contribution is -2.29. The molecule has 4 aromatic rings. The van der Waals surface area contributed by atoms with Crippen molar-refractivity contribution in [2.24, 2.45) is 0 Å². The Bertz CT molecular complexity index is 1180. The molecule has 28 heavy (non-hydrogen) atoms. The van der Waals surface area contributed by atoms with Gasteiger partial charge >= 0.3 is 0 Å². The van der Waals surface area contributed by atoms with E-state index in [-0.39, 0.29) is 11.5 Å². The van der Waals surface area contributed by atoms with E-state index in [1.165, 1.54) is 0 Å². The lowest BCUT2D eigenvalue weighted by Gasteiger charge is -2.13. The molecule has 1 amide bonds. The van der Waals surface area contributed by atoms with Crippen LogP contribution >= 0.6 is 0 Å². The number of tetrazole rings is 1. The minimum Gasteiger partial charge on any atom is -0.351 e. The molecule has 1 atom stereocenters. The lowest BCUT2D eigenvalue weighted by molar-refractivity contribution is -0.122. The molecule has 0 aliphatic heterocycles. The number of hydrogen-bond acceptors (Lipinski definition) is 6. The fourth-order valence-electron chi connectivity index (χ4n) is 3.04. The third-order valence-electron chi connectivity index (χ3n) is 4.53. The Kier molecular flexibility index (Phi) is 4.63. The van der Waals surface area contributed by atoms with Crippen molar-refractivity contribution in [3.8, 4) is 11.4 Å². The number of carbonyl (C=O) groups excluding carboxylic acids is 1. The van der Waals surface area contributed by atoms with Crippen LogP contribution in [0.1, 0.15) is 24.1 Å². The molecule has 0 bridgehead atoms. The average Bonchev–Trinajstić information content (AvgIpc) is 3.27. The van der Waals surface area contributed by atoms with Crippen LogP contribution in [0, 0.1) is 0 Å². The van der Waals surface area contributed by atoms with Crippen LogP contribution in [0.5, 0.6) is 0 Å². The summed E-state index contributed by atoms with van der Waals surface area (Å²) in [5.41, 5.74) is 1.97. The summed E-state index contributed by atoms with van der Waals surface area (Å²) >= 11 is 0. The molecular formula is C19H17N7O2. The molecule has 2 aromatic carbocycles. The summed E-state index contributed by atoms with van der Waals surface area (Å²) < 4.78 is 0. The van der Waals surface area contributed by atoms with E-state index >= 15 is 0 Å². The number of benzene rings is 2. The Morgan fingerprint density at radius 3 is 2.71 bits per heavy atom. The van der Waals surface area contributed by atoms with Crippen molar-refractivity contribution in [1.29, 1.82) is 0 Å². The van der Waals surface area contributed by atoms with Gasteiger partial charge in [0.25, 0.3) is 5.56 Å². The summed E-state index contributed by atoms with van der Waals surface area (Å²) in [5.74, 6) is -0.220. The molecule has 0 saturated heterocycles. The van der Waals surface area contributed by atoms with Crippen LogP contribution in [-0.4, -0.2) is 36.7 Å². The SMILES string of the molecule is C[C@@H](C(=O)NCc1cccc(-c2nn[nH]n2)c1)c1n[nH]c(=O)c2ccccc12. The lowest BCUT2D eigenvalue weighted by atomic mass is 10.0. The fourth-order valence-corrected chi connectivity index (χ4v) is 3.04. The molecular weight excluding hydrogens is 358 g/mol. The molecule has 9 heteroatoms. The molecule has 0 aliphatic carbocycles. The number of hydrogen-bond donors (Lipinski definition) is 3. The number of nitrogens with one attached hydrogen (secondary N) is 3. The van der Waals surface area contributed by atoms with Crippen LogP contribution in [0.2, 0.25) is 0 Å². The highest BCUT2D eigenvalue weighted by Crippen LogP contribution is 2.21. The molecule has 0 spiro atoms. The van der Waals surface area contributed by atoms with Crippen LogP contribution < -0.4 is 10.9 Å². The van der Waals surface area contributed by atoms with Gasteiger partial charge in [0.05, 0.1) is 17.0 Å². The van der Waals surface area contributed by atoms with E-state index < -0.39 is 5.92 Å². The van der Waals surface area contributed by atoms with Gasteiger partial charge in [-0.3, -0.25) is 9.59 Å². The Hall–Kier alpha value is -3.88. The molecule has 0 aliphatic rings. The smallest absolute Gasteiger partial charge is 0.272 e. The van der Waals surface area contributed by atoms with Gasteiger partial charge in [-0.15, -0.1) is 10.2 Å². The van der Waals surface area contributed by atoms with Crippen LogP contribution in [0.4, 0.5) is 0 Å². The van der Waals surface area contributed by atoms with Gasteiger partial charge in [-0.05, 0) is 29.8 Å². The summed E-state index contributed by atoms with van der Waals surface area (Å²) in [4.78, 5) is 24.6. The number of amides is 1. The van der Waals surface area contributed by atoms with Gasteiger partial charge in [-0.2, -0.15) is 10.3 Å². The van der Waals surface area contributed by atoms with Crippen molar-refractivity contribution in [3.63, 3.8) is 0 Å². The fraction of sp³-hybridized carbons (Fsp3) is 0.158. The zero-order valence-corrected chi connectivity index (χ0v) is 15.0. The predicted molar refractivity (Wildman–Crippen MR) is 102 cm³/mol. The van der Waals surface area contributed by atoms with Gasteiger partial charge in [0.15, 0.2) is 0 Å². The van der Waals surface area contributed by atoms with Crippen LogP contribution in [-0.2, 0) is 11.3 Å². The average molecular weight is 375 g/mol. The summed E-state index contributed by atoms with van der Waals surface area (Å²) in [6.45, 7) is 2.11. The summed E-state index contributed by atoms with van der Waals surface area (Å²) in [6.07, 6.45) is 0. The Morgan fingerprint density at radius 2 is 1.93 bits per heavy atom. The number of fused-ring (bicyclic) bond motifs is 1. The van der Waals surface area contributed by atoms with Crippen molar-refractivity contribution in [2.75, 3.05) is 0 Å². The first kappa shape index (κ1) is 17.5. The van der Waals surface area contributed by atoms with Crippen LogP contribution in [0.3, 0.4) is 0 Å². The number of aromatic nitrogens is 6. The van der Waals surface area contributed by atoms with Crippen molar-refractivity contribution >= 4 is 16.7 Å². The maximum atomic E-state index is 12.7. The molecule has 9 nitrogen and oxygen atoms in total. The van der Waals surface area contributed by atoms with E-state index in [0.717, 1.165) is 11.1 Å². The zero-order valence-electron chi connectivity index (χ0n) is 15.0. The second-order valence-electron chi connectivity index (χ2n) is 6.36. The summed E-state index contributed by atoms with van der Waals surface area (Å²) in [5, 5.41) is 24.6. The molecule has 0 unspecified atom stereocenters. The second-order valence-corrected chi connectivity index (χ2v) is 6.36. The molecule has 0 saturated carbocycles. The van der Waals surface area contributed by atoms with Gasteiger partial charge in [0.1, 0.15) is 0 Å². The number of carbonyl (C=O) groups is 1. The minimum absolute atomic E-state index is 0.185. The Labute approximate surface area is 159 Å². The van der Waals surface area contributed by atoms with Crippen molar-refractivity contribution in [1.82, 2.24) is 36.1 Å².